The first-order valence-electron chi connectivity index (χ1n) is 3.54. The Labute approximate surface area is 71.0 Å². The topological polar surface area (TPSA) is 12.9 Å². The number of rotatable bonds is 1. The molecule has 0 fully saturated rings. The van der Waals surface area contributed by atoms with Crippen molar-refractivity contribution in [2.24, 2.45) is 0 Å². The van der Waals surface area contributed by atoms with E-state index < -0.39 is 0 Å². The van der Waals surface area contributed by atoms with Crippen molar-refractivity contribution in [1.82, 2.24) is 4.98 Å². The van der Waals surface area contributed by atoms with Crippen molar-refractivity contribution >= 4 is 24.3 Å². The Morgan fingerprint density at radius 3 is 3.09 bits per heavy atom. The second kappa shape index (κ2) is 3.54. The quantitative estimate of drug-likeness (QED) is 0.615. The van der Waals surface area contributed by atoms with Crippen LogP contribution in [0.4, 0.5) is 0 Å². The molecule has 1 aromatic rings. The molecule has 0 aliphatic rings. The van der Waals surface area contributed by atoms with E-state index in [0.29, 0.717) is 5.02 Å². The predicted molar refractivity (Wildman–Crippen MR) is 48.8 cm³/mol. The van der Waals surface area contributed by atoms with E-state index in [9.17, 15) is 0 Å². The summed E-state index contributed by atoms with van der Waals surface area (Å²) < 4.78 is 0. The summed E-state index contributed by atoms with van der Waals surface area (Å²) in [6.45, 7) is 5.85. The van der Waals surface area contributed by atoms with Crippen LogP contribution in [0.3, 0.4) is 0 Å². The number of nitrogens with zero attached hydrogens (tertiary/aromatic N) is 1. The minimum atomic E-state index is 0.664. The minimum absolute atomic E-state index is 0.664. The van der Waals surface area contributed by atoms with Gasteiger partial charge in [0.1, 0.15) is 0 Å². The summed E-state index contributed by atoms with van der Waals surface area (Å²) in [5, 5.41) is 2.48. The summed E-state index contributed by atoms with van der Waals surface area (Å²) >= 11 is 5.74. The zero-order valence-electron chi connectivity index (χ0n) is 6.47. The average molecular weight is 168 g/mol. The van der Waals surface area contributed by atoms with Gasteiger partial charge in [-0.1, -0.05) is 31.2 Å². The first kappa shape index (κ1) is 8.28. The summed E-state index contributed by atoms with van der Waals surface area (Å²) in [5.74, 6) is 0. The van der Waals surface area contributed by atoms with Gasteiger partial charge in [0.25, 0.3) is 0 Å². The van der Waals surface area contributed by atoms with Crippen molar-refractivity contribution < 1.29 is 0 Å². The molecule has 0 spiro atoms. The molecule has 0 aliphatic heterocycles. The summed E-state index contributed by atoms with van der Waals surface area (Å²) in [5.41, 5.74) is 0. The molecule has 1 aromatic heterocycles. The van der Waals surface area contributed by atoms with Crippen molar-refractivity contribution in [2.75, 3.05) is 0 Å². The van der Waals surface area contributed by atoms with Crippen molar-refractivity contribution in [3.63, 3.8) is 0 Å². The number of halogens is 1. The van der Waals surface area contributed by atoms with Crippen LogP contribution in [0.5, 0.6) is 0 Å². The van der Waals surface area contributed by atoms with Crippen molar-refractivity contribution in [1.29, 1.82) is 0 Å². The van der Waals surface area contributed by atoms with Crippen LogP contribution in [0.1, 0.15) is 13.3 Å². The molecule has 0 aromatic carbocycles. The fourth-order valence-corrected chi connectivity index (χ4v) is 1.05. The van der Waals surface area contributed by atoms with Crippen molar-refractivity contribution in [2.45, 2.75) is 13.3 Å². The van der Waals surface area contributed by atoms with Gasteiger partial charge in [-0.15, -0.1) is 0 Å². The highest BCUT2D eigenvalue weighted by Crippen LogP contribution is 1.97. The zero-order valence-corrected chi connectivity index (χ0v) is 7.23. The smallest absolute Gasteiger partial charge is 0.0628 e. The van der Waals surface area contributed by atoms with E-state index >= 15 is 0 Å². The third-order valence-corrected chi connectivity index (χ3v) is 1.60. The SMILES string of the molecule is C=c1ncc(Cl)c/c1=C/CC. The second-order valence-corrected chi connectivity index (χ2v) is 2.74. The van der Waals surface area contributed by atoms with Gasteiger partial charge in [-0.25, -0.2) is 0 Å². The molecule has 0 aliphatic carbocycles. The monoisotopic (exact) mass is 167 g/mol. The molecule has 1 rings (SSSR count). The molecule has 1 nitrogen and oxygen atoms in total. The van der Waals surface area contributed by atoms with E-state index in [-0.39, 0.29) is 0 Å². The van der Waals surface area contributed by atoms with E-state index in [1.165, 1.54) is 0 Å². The van der Waals surface area contributed by atoms with Crippen LogP contribution in [-0.2, 0) is 0 Å². The van der Waals surface area contributed by atoms with Gasteiger partial charge in [0.2, 0.25) is 0 Å². The number of pyridine rings is 1. The van der Waals surface area contributed by atoms with Gasteiger partial charge in [0.15, 0.2) is 0 Å². The molecule has 0 amide bonds. The van der Waals surface area contributed by atoms with Gasteiger partial charge in [0.05, 0.1) is 10.4 Å². The second-order valence-electron chi connectivity index (χ2n) is 2.30. The van der Waals surface area contributed by atoms with Crippen LogP contribution in [0.25, 0.3) is 12.7 Å². The average Bonchev–Trinajstić information content (AvgIpc) is 1.98. The van der Waals surface area contributed by atoms with Crippen LogP contribution in [0, 0.1) is 0 Å². The molecule has 58 valence electrons. The Balaban J connectivity index is 3.36. The van der Waals surface area contributed by atoms with E-state index in [2.05, 4.69) is 24.6 Å². The van der Waals surface area contributed by atoms with Gasteiger partial charge in [-0.3, -0.25) is 4.98 Å². The minimum Gasteiger partial charge on any atom is -0.255 e. The highest BCUT2D eigenvalue weighted by atomic mass is 35.5. The Hall–Kier alpha value is -0.820. The van der Waals surface area contributed by atoms with E-state index in [0.717, 1.165) is 17.0 Å². The number of hydrogen-bond donors (Lipinski definition) is 0. The maximum atomic E-state index is 5.74. The molecular formula is C9H10ClN. The van der Waals surface area contributed by atoms with Gasteiger partial charge in [-0.05, 0) is 17.7 Å². The van der Waals surface area contributed by atoms with Gasteiger partial charge < -0.3 is 0 Å². The Morgan fingerprint density at radius 1 is 1.73 bits per heavy atom. The molecule has 0 radical (unpaired) electrons. The standard InChI is InChI=1S/C9H10ClN/c1-3-4-8-5-9(10)6-11-7(8)2/h4-6H,2-3H2,1H3/b8-4-. The maximum absolute atomic E-state index is 5.74. The van der Waals surface area contributed by atoms with E-state index in [4.69, 9.17) is 11.6 Å². The molecule has 0 bridgehead atoms. The summed E-state index contributed by atoms with van der Waals surface area (Å²) in [6.07, 6.45) is 4.64. The van der Waals surface area contributed by atoms with E-state index in [1.54, 1.807) is 6.20 Å². The Kier molecular flexibility index (Phi) is 2.66. The Bertz CT molecular complexity index is 343. The summed E-state index contributed by atoms with van der Waals surface area (Å²) in [7, 11) is 0. The highest BCUT2D eigenvalue weighted by molar-refractivity contribution is 6.30. The molecule has 0 atom stereocenters. The fraction of sp³-hybridized carbons (Fsp3) is 0.222. The van der Waals surface area contributed by atoms with Crippen LogP contribution >= 0.6 is 11.6 Å². The summed E-state index contributed by atoms with van der Waals surface area (Å²) in [4.78, 5) is 4.02. The molecule has 0 saturated carbocycles. The third kappa shape index (κ3) is 2.05. The highest BCUT2D eigenvalue weighted by Gasteiger charge is 1.86. The van der Waals surface area contributed by atoms with Gasteiger partial charge in [-0.2, -0.15) is 0 Å². The molecule has 0 saturated heterocycles. The number of aromatic nitrogens is 1. The van der Waals surface area contributed by atoms with Crippen LogP contribution in [-0.4, -0.2) is 4.98 Å². The molecule has 1 heterocycles. The lowest BCUT2D eigenvalue weighted by Gasteiger charge is -1.89. The van der Waals surface area contributed by atoms with Crippen molar-refractivity contribution in [3.05, 3.63) is 27.9 Å². The molecule has 11 heavy (non-hydrogen) atoms. The maximum Gasteiger partial charge on any atom is 0.0628 e. The molecule has 0 unspecified atom stereocenters. The third-order valence-electron chi connectivity index (χ3n) is 1.39. The lowest BCUT2D eigenvalue weighted by atomic mass is 10.3. The Morgan fingerprint density at radius 2 is 2.45 bits per heavy atom. The molecule has 0 N–H and O–H groups in total. The van der Waals surface area contributed by atoms with Gasteiger partial charge >= 0.3 is 0 Å². The first-order valence-corrected chi connectivity index (χ1v) is 3.92. The van der Waals surface area contributed by atoms with Crippen LogP contribution < -0.4 is 10.6 Å². The summed E-state index contributed by atoms with van der Waals surface area (Å²) in [6, 6.07) is 1.88. The van der Waals surface area contributed by atoms with Crippen LogP contribution in [0.15, 0.2) is 12.3 Å². The largest absolute Gasteiger partial charge is 0.255 e. The predicted octanol–water partition coefficient (Wildman–Crippen LogP) is 1.34. The lowest BCUT2D eigenvalue weighted by Crippen LogP contribution is -2.25. The molecule has 2 heteroatoms. The first-order chi connectivity index (χ1) is 5.24. The van der Waals surface area contributed by atoms with Crippen LogP contribution in [0.2, 0.25) is 5.02 Å². The van der Waals surface area contributed by atoms with Crippen molar-refractivity contribution in [3.8, 4) is 0 Å². The fourth-order valence-electron chi connectivity index (χ4n) is 0.880. The molecular weight excluding hydrogens is 158 g/mol. The van der Waals surface area contributed by atoms with E-state index in [1.807, 2.05) is 6.07 Å². The zero-order chi connectivity index (χ0) is 8.27. The van der Waals surface area contributed by atoms with Gasteiger partial charge in [0, 0.05) is 6.20 Å². The normalized spacial score (nSPS) is 12.0. The number of hydrogen-bond acceptors (Lipinski definition) is 1. The lowest BCUT2D eigenvalue weighted by molar-refractivity contribution is 1.20.